The van der Waals surface area contributed by atoms with E-state index in [0.717, 1.165) is 17.0 Å². The molecule has 112 valence electrons. The molecule has 0 fully saturated rings. The van der Waals surface area contributed by atoms with Crippen LogP contribution in [-0.2, 0) is 0 Å². The van der Waals surface area contributed by atoms with Crippen LogP contribution < -0.4 is 4.74 Å². The van der Waals surface area contributed by atoms with Gasteiger partial charge in [0.15, 0.2) is 0 Å². The van der Waals surface area contributed by atoms with Gasteiger partial charge in [-0.1, -0.05) is 6.92 Å². The molecule has 0 aliphatic carbocycles. The van der Waals surface area contributed by atoms with Gasteiger partial charge in [0.25, 0.3) is 0 Å². The third-order valence-electron chi connectivity index (χ3n) is 3.49. The van der Waals surface area contributed by atoms with Crippen molar-refractivity contribution in [2.45, 2.75) is 32.8 Å². The third kappa shape index (κ3) is 2.94. The van der Waals surface area contributed by atoms with Crippen molar-refractivity contribution in [1.29, 1.82) is 10.5 Å². The topological polar surface area (TPSA) is 72.4 Å². The van der Waals surface area contributed by atoms with E-state index in [1.54, 1.807) is 12.1 Å². The minimum atomic E-state index is -0.476. The Kier molecular flexibility index (Phi) is 4.19. The zero-order valence-electron chi connectivity index (χ0n) is 13.2. The highest BCUT2D eigenvalue weighted by Gasteiger charge is 2.29. The Labute approximate surface area is 130 Å². The van der Waals surface area contributed by atoms with Gasteiger partial charge in [0, 0.05) is 19.0 Å². The van der Waals surface area contributed by atoms with Crippen LogP contribution in [0.1, 0.15) is 38.3 Å². The van der Waals surface area contributed by atoms with Gasteiger partial charge in [-0.05, 0) is 38.1 Å². The highest BCUT2D eigenvalue weighted by molar-refractivity contribution is 5.92. The molecule has 1 aliphatic heterocycles. The van der Waals surface area contributed by atoms with Gasteiger partial charge < -0.3 is 9.64 Å². The van der Waals surface area contributed by atoms with E-state index < -0.39 is 5.60 Å². The Morgan fingerprint density at radius 1 is 1.36 bits per heavy atom. The van der Waals surface area contributed by atoms with Gasteiger partial charge in [-0.2, -0.15) is 15.5 Å². The lowest BCUT2D eigenvalue weighted by Crippen LogP contribution is -2.34. The van der Waals surface area contributed by atoms with E-state index in [2.05, 4.69) is 11.1 Å². The number of benzene rings is 1. The zero-order valence-corrected chi connectivity index (χ0v) is 13.2. The molecule has 1 heterocycles. The molecule has 5 nitrogen and oxygen atoms in total. The van der Waals surface area contributed by atoms with Gasteiger partial charge in [-0.25, -0.2) is 0 Å². The fourth-order valence-electron chi connectivity index (χ4n) is 2.47. The molecule has 0 bridgehead atoms. The van der Waals surface area contributed by atoms with Crippen LogP contribution in [0.2, 0.25) is 0 Å². The monoisotopic (exact) mass is 294 g/mol. The molecular weight excluding hydrogens is 276 g/mol. The second kappa shape index (κ2) is 5.91. The molecule has 0 atom stereocenters. The van der Waals surface area contributed by atoms with Crippen LogP contribution >= 0.6 is 0 Å². The molecule has 1 aromatic carbocycles. The van der Waals surface area contributed by atoms with Crippen LogP contribution in [-0.4, -0.2) is 23.4 Å². The molecule has 22 heavy (non-hydrogen) atoms. The van der Waals surface area contributed by atoms with Crippen molar-refractivity contribution in [3.8, 4) is 18.0 Å². The van der Waals surface area contributed by atoms with Gasteiger partial charge in [0.2, 0.25) is 6.19 Å². The molecule has 0 aromatic heterocycles. The molecule has 0 amide bonds. The van der Waals surface area contributed by atoms with E-state index in [9.17, 15) is 0 Å². The summed E-state index contributed by atoms with van der Waals surface area (Å²) in [6.45, 7) is 5.88. The van der Waals surface area contributed by atoms with Crippen molar-refractivity contribution >= 4 is 11.5 Å². The first-order chi connectivity index (χ1) is 10.4. The Bertz CT molecular complexity index is 732. The first kappa shape index (κ1) is 15.6. The summed E-state index contributed by atoms with van der Waals surface area (Å²) in [4.78, 5) is 5.76. The lowest BCUT2D eigenvalue weighted by molar-refractivity contribution is 0.156. The average molecular weight is 294 g/mol. The molecule has 1 aromatic rings. The fraction of sp³-hybridized carbons (Fsp3) is 0.353. The predicted octanol–water partition coefficient (Wildman–Crippen LogP) is 3.29. The van der Waals surface area contributed by atoms with Crippen LogP contribution in [0.3, 0.4) is 0 Å². The molecule has 5 heteroatoms. The molecule has 0 saturated carbocycles. The Hall–Kier alpha value is -2.79. The van der Waals surface area contributed by atoms with Gasteiger partial charge >= 0.3 is 0 Å². The van der Waals surface area contributed by atoms with E-state index >= 15 is 0 Å². The highest BCUT2D eigenvalue weighted by Crippen LogP contribution is 2.38. The van der Waals surface area contributed by atoms with Gasteiger partial charge in [-0.15, -0.1) is 0 Å². The average Bonchev–Trinajstić information content (AvgIpc) is 2.50. The summed E-state index contributed by atoms with van der Waals surface area (Å²) in [5.41, 5.74) is 1.81. The van der Waals surface area contributed by atoms with Crippen molar-refractivity contribution in [3.05, 3.63) is 35.4 Å². The number of hydrogen-bond acceptors (Lipinski definition) is 4. The lowest BCUT2D eigenvalue weighted by atomic mass is 9.97. The van der Waals surface area contributed by atoms with Crippen LogP contribution in [0.15, 0.2) is 29.3 Å². The number of aliphatic imine (C=N–C) groups is 1. The van der Waals surface area contributed by atoms with Crippen molar-refractivity contribution < 1.29 is 4.74 Å². The second-order valence-corrected chi connectivity index (χ2v) is 5.60. The maximum absolute atomic E-state index is 9.12. The van der Waals surface area contributed by atoms with Crippen molar-refractivity contribution in [2.24, 2.45) is 4.99 Å². The standard InChI is InChI=1S/C17H18N4O/c1-5-16(20-11-19)21(4)14-9-17(2,3)22-15-7-6-12(10-18)8-13(14)15/h6-9H,5H2,1-4H3/b20-16-. The van der Waals surface area contributed by atoms with Crippen molar-refractivity contribution in [3.63, 3.8) is 0 Å². The molecule has 0 saturated heterocycles. The van der Waals surface area contributed by atoms with Crippen LogP contribution in [0.5, 0.6) is 5.75 Å². The molecule has 0 radical (unpaired) electrons. The van der Waals surface area contributed by atoms with Crippen LogP contribution in [0.25, 0.3) is 5.70 Å². The molecule has 0 N–H and O–H groups in total. The Morgan fingerprint density at radius 3 is 2.68 bits per heavy atom. The first-order valence-corrected chi connectivity index (χ1v) is 7.07. The van der Waals surface area contributed by atoms with E-state index in [-0.39, 0.29) is 0 Å². The summed E-state index contributed by atoms with van der Waals surface area (Å²) in [5.74, 6) is 1.39. The quantitative estimate of drug-likeness (QED) is 0.476. The summed E-state index contributed by atoms with van der Waals surface area (Å²) >= 11 is 0. The van der Waals surface area contributed by atoms with E-state index in [0.29, 0.717) is 17.8 Å². The second-order valence-electron chi connectivity index (χ2n) is 5.60. The number of hydrogen-bond donors (Lipinski definition) is 0. The Morgan fingerprint density at radius 2 is 2.09 bits per heavy atom. The SMILES string of the molecule is CC/C(=N/C#N)N(C)C1=CC(C)(C)Oc2ccc(C#N)cc21. The normalized spacial score (nSPS) is 15.7. The first-order valence-electron chi connectivity index (χ1n) is 7.07. The minimum absolute atomic E-state index is 0.476. The molecule has 2 rings (SSSR count). The maximum Gasteiger partial charge on any atom is 0.207 e. The van der Waals surface area contributed by atoms with E-state index in [4.69, 9.17) is 15.3 Å². The largest absolute Gasteiger partial charge is 0.483 e. The third-order valence-corrected chi connectivity index (χ3v) is 3.49. The zero-order chi connectivity index (χ0) is 16.3. The van der Waals surface area contributed by atoms with Crippen molar-refractivity contribution in [1.82, 2.24) is 4.90 Å². The fourth-order valence-corrected chi connectivity index (χ4v) is 2.47. The lowest BCUT2D eigenvalue weighted by Gasteiger charge is -2.35. The summed E-state index contributed by atoms with van der Waals surface area (Å²) in [6, 6.07) is 7.49. The maximum atomic E-state index is 9.12. The number of fused-ring (bicyclic) bond motifs is 1. The smallest absolute Gasteiger partial charge is 0.207 e. The van der Waals surface area contributed by atoms with E-state index in [1.807, 2.05) is 51.1 Å². The number of rotatable bonds is 2. The molecule has 0 unspecified atom stereocenters. The van der Waals surface area contributed by atoms with Gasteiger partial charge in [0.05, 0.1) is 17.3 Å². The number of nitrogens with zero attached hydrogens (tertiary/aromatic N) is 4. The summed E-state index contributed by atoms with van der Waals surface area (Å²) in [5, 5.41) is 18.0. The van der Waals surface area contributed by atoms with Gasteiger partial charge in [0.1, 0.15) is 17.2 Å². The highest BCUT2D eigenvalue weighted by atomic mass is 16.5. The summed E-state index contributed by atoms with van der Waals surface area (Å²) in [7, 11) is 1.87. The molecular formula is C17H18N4O. The predicted molar refractivity (Wildman–Crippen MR) is 84.9 cm³/mol. The van der Waals surface area contributed by atoms with Gasteiger partial charge in [-0.3, -0.25) is 0 Å². The number of nitriles is 2. The number of ether oxygens (including phenoxy) is 1. The van der Waals surface area contributed by atoms with Crippen molar-refractivity contribution in [2.75, 3.05) is 7.05 Å². The summed E-state index contributed by atoms with van der Waals surface area (Å²) < 4.78 is 5.96. The van der Waals surface area contributed by atoms with E-state index in [1.165, 1.54) is 0 Å². The molecule has 1 aliphatic rings. The van der Waals surface area contributed by atoms with Crippen LogP contribution in [0.4, 0.5) is 0 Å². The molecule has 0 spiro atoms. The summed E-state index contributed by atoms with van der Waals surface area (Å²) in [6.07, 6.45) is 4.46. The Balaban J connectivity index is 2.59. The van der Waals surface area contributed by atoms with Crippen LogP contribution in [0, 0.1) is 22.8 Å². The number of amidine groups is 1. The minimum Gasteiger partial charge on any atom is -0.483 e.